The van der Waals surface area contributed by atoms with Crippen LogP contribution in [0.4, 0.5) is 5.69 Å². The zero-order valence-electron chi connectivity index (χ0n) is 10.8. The van der Waals surface area contributed by atoms with Crippen molar-refractivity contribution in [2.45, 2.75) is 19.9 Å². The third kappa shape index (κ3) is 3.17. The van der Waals surface area contributed by atoms with Crippen LogP contribution in [0.2, 0.25) is 0 Å². The SMILES string of the molecule is CCc1ccccc1NC(=O)c1cn(CCN)nn1. The van der Waals surface area contributed by atoms with Gasteiger partial charge in [-0.2, -0.15) is 0 Å². The molecule has 0 atom stereocenters. The number of nitrogens with two attached hydrogens (primary N) is 1. The quantitative estimate of drug-likeness (QED) is 0.840. The highest BCUT2D eigenvalue weighted by Gasteiger charge is 2.12. The van der Waals surface area contributed by atoms with Crippen LogP contribution in [-0.4, -0.2) is 27.4 Å². The molecule has 3 N–H and O–H groups in total. The lowest BCUT2D eigenvalue weighted by atomic mass is 10.1. The average Bonchev–Trinajstić information content (AvgIpc) is 2.88. The summed E-state index contributed by atoms with van der Waals surface area (Å²) in [6.07, 6.45) is 2.45. The summed E-state index contributed by atoms with van der Waals surface area (Å²) in [4.78, 5) is 12.0. The van der Waals surface area contributed by atoms with Crippen molar-refractivity contribution in [2.24, 2.45) is 5.73 Å². The second-order valence-electron chi connectivity index (χ2n) is 4.12. The van der Waals surface area contributed by atoms with Crippen LogP contribution in [0.3, 0.4) is 0 Å². The minimum Gasteiger partial charge on any atom is -0.329 e. The number of hydrogen-bond donors (Lipinski definition) is 2. The van der Waals surface area contributed by atoms with Gasteiger partial charge in [0.2, 0.25) is 0 Å². The largest absolute Gasteiger partial charge is 0.329 e. The molecule has 0 aliphatic rings. The Morgan fingerprint density at radius 2 is 2.21 bits per heavy atom. The monoisotopic (exact) mass is 259 g/mol. The molecule has 0 unspecified atom stereocenters. The van der Waals surface area contributed by atoms with Gasteiger partial charge in [0.1, 0.15) is 0 Å². The number of aryl methyl sites for hydroxylation is 1. The molecule has 19 heavy (non-hydrogen) atoms. The van der Waals surface area contributed by atoms with E-state index >= 15 is 0 Å². The smallest absolute Gasteiger partial charge is 0.277 e. The van der Waals surface area contributed by atoms with Crippen molar-refractivity contribution >= 4 is 11.6 Å². The first-order valence-electron chi connectivity index (χ1n) is 6.24. The average molecular weight is 259 g/mol. The number of benzene rings is 1. The van der Waals surface area contributed by atoms with E-state index in [0.29, 0.717) is 18.8 Å². The maximum absolute atomic E-state index is 12.0. The van der Waals surface area contributed by atoms with E-state index in [9.17, 15) is 4.79 Å². The fourth-order valence-electron chi connectivity index (χ4n) is 1.78. The topological polar surface area (TPSA) is 85.8 Å². The summed E-state index contributed by atoms with van der Waals surface area (Å²) < 4.78 is 1.56. The first kappa shape index (κ1) is 13.2. The highest BCUT2D eigenvalue weighted by atomic mass is 16.2. The number of aromatic nitrogens is 3. The summed E-state index contributed by atoms with van der Waals surface area (Å²) in [5.74, 6) is -0.260. The van der Waals surface area contributed by atoms with Gasteiger partial charge in [0.15, 0.2) is 5.69 Å². The molecule has 0 radical (unpaired) electrons. The van der Waals surface area contributed by atoms with Crippen molar-refractivity contribution in [3.05, 3.63) is 41.7 Å². The molecule has 0 saturated carbocycles. The molecule has 100 valence electrons. The fraction of sp³-hybridized carbons (Fsp3) is 0.308. The maximum Gasteiger partial charge on any atom is 0.277 e. The van der Waals surface area contributed by atoms with Gasteiger partial charge >= 0.3 is 0 Å². The molecule has 0 bridgehead atoms. The fourth-order valence-corrected chi connectivity index (χ4v) is 1.78. The number of amides is 1. The number of carbonyl (C=O) groups excluding carboxylic acids is 1. The third-order valence-electron chi connectivity index (χ3n) is 2.78. The molecule has 2 aromatic rings. The van der Waals surface area contributed by atoms with Crippen molar-refractivity contribution in [2.75, 3.05) is 11.9 Å². The van der Waals surface area contributed by atoms with Gasteiger partial charge in [-0.25, -0.2) is 0 Å². The van der Waals surface area contributed by atoms with Gasteiger partial charge in [-0.15, -0.1) is 5.10 Å². The van der Waals surface area contributed by atoms with Gasteiger partial charge in [-0.05, 0) is 18.1 Å². The minimum absolute atomic E-state index is 0.260. The number of para-hydroxylation sites is 1. The van der Waals surface area contributed by atoms with Crippen LogP contribution in [0.1, 0.15) is 23.0 Å². The van der Waals surface area contributed by atoms with E-state index in [-0.39, 0.29) is 5.91 Å². The van der Waals surface area contributed by atoms with Crippen molar-refractivity contribution in [3.63, 3.8) is 0 Å². The van der Waals surface area contributed by atoms with Crippen LogP contribution in [0, 0.1) is 0 Å². The Kier molecular flexibility index (Phi) is 4.25. The molecule has 1 heterocycles. The number of hydrogen-bond acceptors (Lipinski definition) is 4. The van der Waals surface area contributed by atoms with Gasteiger partial charge in [0.25, 0.3) is 5.91 Å². The van der Waals surface area contributed by atoms with Gasteiger partial charge in [-0.1, -0.05) is 30.3 Å². The number of nitrogens with one attached hydrogen (secondary N) is 1. The van der Waals surface area contributed by atoms with Crippen LogP contribution in [0.15, 0.2) is 30.5 Å². The summed E-state index contributed by atoms with van der Waals surface area (Å²) in [6, 6.07) is 7.70. The Morgan fingerprint density at radius 1 is 1.42 bits per heavy atom. The first-order valence-corrected chi connectivity index (χ1v) is 6.24. The molecule has 1 aromatic carbocycles. The summed E-state index contributed by atoms with van der Waals surface area (Å²) in [7, 11) is 0. The van der Waals surface area contributed by atoms with Crippen LogP contribution >= 0.6 is 0 Å². The Bertz CT molecular complexity index is 564. The van der Waals surface area contributed by atoms with Gasteiger partial charge < -0.3 is 11.1 Å². The van der Waals surface area contributed by atoms with Crippen molar-refractivity contribution < 1.29 is 4.79 Å². The van der Waals surface area contributed by atoms with Crippen LogP contribution in [0.5, 0.6) is 0 Å². The maximum atomic E-state index is 12.0. The van der Waals surface area contributed by atoms with E-state index in [0.717, 1.165) is 17.7 Å². The van der Waals surface area contributed by atoms with Crippen LogP contribution in [0.25, 0.3) is 0 Å². The zero-order valence-corrected chi connectivity index (χ0v) is 10.8. The molecule has 0 spiro atoms. The lowest BCUT2D eigenvalue weighted by molar-refractivity contribution is 0.102. The standard InChI is InChI=1S/C13H17N5O/c1-2-10-5-3-4-6-11(10)15-13(19)12-9-18(8-7-14)17-16-12/h3-6,9H,2,7-8,14H2,1H3,(H,15,19). The number of carbonyl (C=O) groups is 1. The molecule has 0 fully saturated rings. The normalized spacial score (nSPS) is 10.4. The van der Waals surface area contributed by atoms with E-state index in [1.165, 1.54) is 0 Å². The van der Waals surface area contributed by atoms with Crippen molar-refractivity contribution in [1.29, 1.82) is 0 Å². The van der Waals surface area contributed by atoms with E-state index in [1.54, 1.807) is 10.9 Å². The Labute approximate surface area is 111 Å². The van der Waals surface area contributed by atoms with Gasteiger partial charge in [-0.3, -0.25) is 9.48 Å². The molecule has 6 heteroatoms. The molecular formula is C13H17N5O. The molecule has 1 amide bonds. The molecule has 1 aromatic heterocycles. The van der Waals surface area contributed by atoms with Crippen molar-refractivity contribution in [3.8, 4) is 0 Å². The predicted molar refractivity (Wildman–Crippen MR) is 72.8 cm³/mol. The Balaban J connectivity index is 2.11. The Hall–Kier alpha value is -2.21. The van der Waals surface area contributed by atoms with Crippen LogP contribution < -0.4 is 11.1 Å². The van der Waals surface area contributed by atoms with E-state index in [1.807, 2.05) is 31.2 Å². The lowest BCUT2D eigenvalue weighted by Gasteiger charge is -2.07. The van der Waals surface area contributed by atoms with E-state index in [2.05, 4.69) is 15.6 Å². The minimum atomic E-state index is -0.260. The number of rotatable bonds is 5. The molecule has 0 aliphatic heterocycles. The summed E-state index contributed by atoms with van der Waals surface area (Å²) in [6.45, 7) is 3.05. The lowest BCUT2D eigenvalue weighted by Crippen LogP contribution is -2.14. The first-order chi connectivity index (χ1) is 9.24. The van der Waals surface area contributed by atoms with Gasteiger partial charge in [0.05, 0.1) is 12.7 Å². The van der Waals surface area contributed by atoms with E-state index in [4.69, 9.17) is 5.73 Å². The number of nitrogens with zero attached hydrogens (tertiary/aromatic N) is 3. The van der Waals surface area contributed by atoms with Gasteiger partial charge in [0, 0.05) is 12.2 Å². The highest BCUT2D eigenvalue weighted by Crippen LogP contribution is 2.16. The highest BCUT2D eigenvalue weighted by molar-refractivity contribution is 6.03. The van der Waals surface area contributed by atoms with Crippen LogP contribution in [-0.2, 0) is 13.0 Å². The molecule has 0 saturated heterocycles. The molecule has 0 aliphatic carbocycles. The second-order valence-corrected chi connectivity index (χ2v) is 4.12. The summed E-state index contributed by atoms with van der Waals surface area (Å²) in [5.41, 5.74) is 7.61. The summed E-state index contributed by atoms with van der Waals surface area (Å²) in [5, 5.41) is 10.5. The molecular weight excluding hydrogens is 242 g/mol. The van der Waals surface area contributed by atoms with E-state index < -0.39 is 0 Å². The molecule has 2 rings (SSSR count). The van der Waals surface area contributed by atoms with Crippen molar-refractivity contribution in [1.82, 2.24) is 15.0 Å². The third-order valence-corrected chi connectivity index (χ3v) is 2.78. The molecule has 6 nitrogen and oxygen atoms in total. The predicted octanol–water partition coefficient (Wildman–Crippen LogP) is 1.05. The second kappa shape index (κ2) is 6.10. The summed E-state index contributed by atoms with van der Waals surface area (Å²) >= 11 is 0. The number of anilines is 1. The zero-order chi connectivity index (χ0) is 13.7. The Morgan fingerprint density at radius 3 is 2.95 bits per heavy atom.